The summed E-state index contributed by atoms with van der Waals surface area (Å²) in [5, 5.41) is 14.7. The van der Waals surface area contributed by atoms with Gasteiger partial charge >= 0.3 is 6.18 Å². The Morgan fingerprint density at radius 3 is 2.37 bits per heavy atom. The minimum atomic E-state index is -5.17. The molecule has 0 radical (unpaired) electrons. The number of nitrogens with zero attached hydrogens (tertiary/aromatic N) is 6. The zero-order chi connectivity index (χ0) is 51.6. The second kappa shape index (κ2) is 23.9. The Labute approximate surface area is 418 Å². The molecule has 0 bridgehead atoms. The van der Waals surface area contributed by atoms with Crippen LogP contribution in [0.25, 0.3) is 10.4 Å². The number of carbonyl (C=O) groups excluding carboxylic acids is 4. The minimum Gasteiger partial charge on any atom is -0.477 e. The Balaban J connectivity index is 1.05. The van der Waals surface area contributed by atoms with Gasteiger partial charge < -0.3 is 44.3 Å². The lowest BCUT2D eigenvalue weighted by molar-refractivity contribution is -0.144. The van der Waals surface area contributed by atoms with Crippen molar-refractivity contribution in [2.75, 3.05) is 56.4 Å². The van der Waals surface area contributed by atoms with Gasteiger partial charge in [-0.1, -0.05) is 56.6 Å². The number of nitrogens with one attached hydrogen (secondary N) is 2. The molecule has 0 spiro atoms. The number of halogens is 5. The maximum Gasteiger partial charge on any atom is 0.420 e. The van der Waals surface area contributed by atoms with E-state index in [4.69, 9.17) is 43.3 Å². The molecule has 22 heteroatoms. The highest BCUT2D eigenvalue weighted by molar-refractivity contribution is 7.80. The number of hydrogen-bond acceptors (Lipinski definition) is 12. The molecule has 15 nitrogen and oxygen atoms in total. The van der Waals surface area contributed by atoms with Gasteiger partial charge in [-0.25, -0.2) is 14.4 Å². The zero-order valence-corrected chi connectivity index (χ0v) is 42.1. The predicted octanol–water partition coefficient (Wildman–Crippen LogP) is 8.04. The lowest BCUT2D eigenvalue weighted by Crippen LogP contribution is -2.58. The lowest BCUT2D eigenvalue weighted by atomic mass is 9.85. The van der Waals surface area contributed by atoms with Crippen LogP contribution < -0.4 is 25.2 Å². The Morgan fingerprint density at radius 2 is 1.76 bits per heavy atom. The number of anilines is 2. The fourth-order valence-electron chi connectivity index (χ4n) is 7.53. The van der Waals surface area contributed by atoms with Gasteiger partial charge in [-0.3, -0.25) is 14.4 Å². The van der Waals surface area contributed by atoms with Gasteiger partial charge in [-0.15, -0.1) is 11.3 Å². The predicted molar refractivity (Wildman–Crippen MR) is 261 cm³/mol. The first-order chi connectivity index (χ1) is 33.0. The molecule has 1 unspecified atom stereocenters. The fourth-order valence-corrected chi connectivity index (χ4v) is 8.99. The number of aldehydes is 1. The Morgan fingerprint density at radius 1 is 1.06 bits per heavy atom. The number of nitriles is 1. The van der Waals surface area contributed by atoms with Gasteiger partial charge in [-0.2, -0.15) is 18.4 Å². The number of thiazole rings is 1. The van der Waals surface area contributed by atoms with E-state index in [-0.39, 0.29) is 66.6 Å². The first kappa shape index (κ1) is 55.1. The molecule has 1 fully saturated rings. The summed E-state index contributed by atoms with van der Waals surface area (Å²) in [5.41, 5.74) is -0.461. The zero-order valence-electron chi connectivity index (χ0n) is 39.7. The number of carbonyl (C=O) groups is 4. The van der Waals surface area contributed by atoms with Crippen LogP contribution in [-0.4, -0.2) is 108 Å². The SMILES string of the molecule is Cc1ncsc1-c1ccc(CNC(=O)[C@@H]2CCCN2C(=O)C(NC(=O)COCCOCCCOc2ncc(N(C(=S)N(C)c3ccc(C#N)c(C(F)(F)F)c3F)C(C)(C)C=O)cc2Cl)C(C)(C)C)cc1. The third-order valence-corrected chi connectivity index (χ3v) is 12.9. The standard InChI is InChI=1S/C48H55ClF4N8O7S2/c1-29-40(70-28-57-29)31-13-11-30(12-14-31)24-55-42(64)36-10-8-17-60(36)44(65)41(46(2,3)4)58-37(63)26-67-21-20-66-18-9-19-68-43-34(49)22-33(25-56-43)61(47(5,6)27-62)45(69)59(7)35-16-15-32(23-54)38(39(35)50)48(51,52)53/h11-16,22,25,27-28,36,41H,8-10,17-21,24,26H2,1-7H3,(H,55,64)(H,58,63)/t36-,41?/m0/s1. The molecule has 2 aromatic carbocycles. The Kier molecular flexibility index (Phi) is 18.8. The molecule has 2 atom stereocenters. The number of benzene rings is 2. The molecule has 376 valence electrons. The van der Waals surface area contributed by atoms with E-state index in [1.807, 2.05) is 52.0 Å². The van der Waals surface area contributed by atoms with Crippen LogP contribution >= 0.6 is 35.2 Å². The van der Waals surface area contributed by atoms with Crippen molar-refractivity contribution in [2.45, 2.75) is 91.1 Å². The summed E-state index contributed by atoms with van der Waals surface area (Å²) >= 11 is 13.6. The van der Waals surface area contributed by atoms with E-state index in [0.29, 0.717) is 38.6 Å². The second-order valence-corrected chi connectivity index (χ2v) is 19.6. The van der Waals surface area contributed by atoms with E-state index in [1.165, 1.54) is 44.1 Å². The average Bonchev–Trinajstić information content (AvgIpc) is 3.98. The second-order valence-electron chi connectivity index (χ2n) is 18.0. The molecule has 1 saturated heterocycles. The molecule has 2 N–H and O–H groups in total. The van der Waals surface area contributed by atoms with Crippen molar-refractivity contribution < 1.29 is 51.0 Å². The molecule has 1 aliphatic heterocycles. The monoisotopic (exact) mass is 1030 g/mol. The lowest BCUT2D eigenvalue weighted by Gasteiger charge is -2.39. The molecular formula is C48H55ClF4N8O7S2. The van der Waals surface area contributed by atoms with Crippen molar-refractivity contribution in [3.8, 4) is 22.4 Å². The highest BCUT2D eigenvalue weighted by atomic mass is 35.5. The Bertz CT molecular complexity index is 2570. The Hall–Kier alpha value is -5.79. The molecule has 4 aromatic rings. The van der Waals surface area contributed by atoms with Crippen molar-refractivity contribution in [3.63, 3.8) is 0 Å². The number of pyridine rings is 1. The minimum absolute atomic E-state index is 0.00327. The third-order valence-electron chi connectivity index (χ3n) is 11.2. The summed E-state index contributed by atoms with van der Waals surface area (Å²) in [7, 11) is 1.22. The topological polar surface area (TPSA) is 179 Å². The summed E-state index contributed by atoms with van der Waals surface area (Å²) in [4.78, 5) is 65.9. The molecule has 3 heterocycles. The maximum atomic E-state index is 15.3. The quantitative estimate of drug-likeness (QED) is 0.0377. The van der Waals surface area contributed by atoms with Crippen molar-refractivity contribution in [1.82, 2.24) is 25.5 Å². The van der Waals surface area contributed by atoms with Crippen LogP contribution in [0.4, 0.5) is 28.9 Å². The van der Waals surface area contributed by atoms with Gasteiger partial charge in [0, 0.05) is 33.2 Å². The summed E-state index contributed by atoms with van der Waals surface area (Å²) in [6.07, 6.45) is -1.81. The van der Waals surface area contributed by atoms with Gasteiger partial charge in [-0.05, 0) is 80.6 Å². The normalized spacial score (nSPS) is 14.4. The van der Waals surface area contributed by atoms with E-state index in [0.717, 1.165) is 38.7 Å². The first-order valence-corrected chi connectivity index (χ1v) is 23.8. The largest absolute Gasteiger partial charge is 0.477 e. The highest BCUT2D eigenvalue weighted by Gasteiger charge is 2.43. The molecule has 0 saturated carbocycles. The van der Waals surface area contributed by atoms with Crippen LogP contribution in [0.2, 0.25) is 5.02 Å². The number of thiocarbonyl (C=S) groups is 1. The molecular weight excluding hydrogens is 976 g/mol. The molecule has 2 aromatic heterocycles. The van der Waals surface area contributed by atoms with Crippen LogP contribution in [0.15, 0.2) is 54.2 Å². The van der Waals surface area contributed by atoms with E-state index in [2.05, 4.69) is 20.6 Å². The number of rotatable bonds is 20. The van der Waals surface area contributed by atoms with Crippen molar-refractivity contribution in [1.29, 1.82) is 5.26 Å². The number of likely N-dealkylation sites (tertiary alicyclic amines) is 1. The van der Waals surface area contributed by atoms with Crippen LogP contribution in [0.1, 0.15) is 76.3 Å². The summed E-state index contributed by atoms with van der Waals surface area (Å²) in [6.45, 7) is 11.4. The smallest absolute Gasteiger partial charge is 0.420 e. The van der Waals surface area contributed by atoms with Crippen molar-refractivity contribution in [3.05, 3.63) is 87.4 Å². The summed E-state index contributed by atoms with van der Waals surface area (Å²) in [6, 6.07) is 10.9. The number of aromatic nitrogens is 2. The van der Waals surface area contributed by atoms with Crippen LogP contribution in [0.3, 0.4) is 0 Å². The van der Waals surface area contributed by atoms with E-state index in [1.54, 1.807) is 21.7 Å². The van der Waals surface area contributed by atoms with E-state index < -0.39 is 57.8 Å². The van der Waals surface area contributed by atoms with Crippen LogP contribution in [-0.2, 0) is 41.4 Å². The number of alkyl halides is 3. The van der Waals surface area contributed by atoms with Crippen LogP contribution in [0.5, 0.6) is 5.88 Å². The molecule has 5 rings (SSSR count). The van der Waals surface area contributed by atoms with Gasteiger partial charge in [0.15, 0.2) is 10.9 Å². The summed E-state index contributed by atoms with van der Waals surface area (Å²) < 4.78 is 73.4. The van der Waals surface area contributed by atoms with Gasteiger partial charge in [0.2, 0.25) is 23.6 Å². The highest BCUT2D eigenvalue weighted by Crippen LogP contribution is 2.39. The molecule has 1 aliphatic rings. The van der Waals surface area contributed by atoms with Gasteiger partial charge in [0.05, 0.1) is 70.6 Å². The number of aryl methyl sites for hydroxylation is 1. The fraction of sp³-hybridized carbons (Fsp3) is 0.458. The number of ether oxygens (including phenoxy) is 3. The van der Waals surface area contributed by atoms with E-state index >= 15 is 4.39 Å². The summed E-state index contributed by atoms with van der Waals surface area (Å²) in [5.74, 6) is -2.79. The maximum absolute atomic E-state index is 15.3. The van der Waals surface area contributed by atoms with Crippen molar-refractivity contribution >= 4 is 75.7 Å². The van der Waals surface area contributed by atoms with Gasteiger partial charge in [0.1, 0.15) is 35.6 Å². The molecule has 0 aliphatic carbocycles. The third kappa shape index (κ3) is 13.7. The van der Waals surface area contributed by atoms with Crippen molar-refractivity contribution in [2.24, 2.45) is 5.41 Å². The number of hydrogen-bond donors (Lipinski definition) is 2. The number of amides is 3. The van der Waals surface area contributed by atoms with E-state index in [9.17, 15) is 32.3 Å². The van der Waals surface area contributed by atoms with Gasteiger partial charge in [0.25, 0.3) is 0 Å². The first-order valence-electron chi connectivity index (χ1n) is 22.1. The molecule has 70 heavy (non-hydrogen) atoms. The van der Waals surface area contributed by atoms with Crippen LogP contribution in [0, 0.1) is 29.5 Å². The molecule has 3 amide bonds. The average molecular weight is 1030 g/mol.